The Balaban J connectivity index is 1.42. The monoisotopic (exact) mass is 487 g/mol. The molecule has 10 heteroatoms. The van der Waals surface area contributed by atoms with Crippen molar-refractivity contribution in [2.24, 2.45) is 11.8 Å². The van der Waals surface area contributed by atoms with Gasteiger partial charge in [-0.3, -0.25) is 4.79 Å². The molecule has 2 N–H and O–H groups in total. The van der Waals surface area contributed by atoms with E-state index in [2.05, 4.69) is 15.6 Å². The first-order valence-corrected chi connectivity index (χ1v) is 12.0. The molecule has 2 aromatic heterocycles. The van der Waals surface area contributed by atoms with Gasteiger partial charge in [0.2, 0.25) is 5.91 Å². The minimum atomic E-state index is -0.416. The molecular weight excluding hydrogens is 458 g/mol. The first-order chi connectivity index (χ1) is 16.5. The van der Waals surface area contributed by atoms with Crippen LogP contribution >= 0.6 is 11.6 Å². The highest BCUT2D eigenvalue weighted by atomic mass is 35.5. The molecule has 0 aromatic carbocycles. The average molecular weight is 488 g/mol. The Labute approximate surface area is 204 Å². The first kappa shape index (κ1) is 24.2. The van der Waals surface area contributed by atoms with Gasteiger partial charge >= 0.3 is 6.09 Å². The number of amides is 2. The summed E-state index contributed by atoms with van der Waals surface area (Å²) < 4.78 is 10.2. The molecule has 0 aliphatic carbocycles. The van der Waals surface area contributed by atoms with Crippen molar-refractivity contribution in [2.75, 3.05) is 50.6 Å². The molecule has 9 nitrogen and oxygen atoms in total. The van der Waals surface area contributed by atoms with E-state index in [0.717, 1.165) is 44.8 Å². The Morgan fingerprint density at radius 1 is 1.24 bits per heavy atom. The van der Waals surface area contributed by atoms with Gasteiger partial charge in [0.1, 0.15) is 11.6 Å². The molecule has 2 aromatic rings. The molecule has 2 fully saturated rings. The van der Waals surface area contributed by atoms with Crippen LogP contribution in [0.3, 0.4) is 0 Å². The molecule has 34 heavy (non-hydrogen) atoms. The maximum atomic E-state index is 12.8. The minimum absolute atomic E-state index is 0.186. The largest absolute Gasteiger partial charge is 0.453 e. The zero-order valence-corrected chi connectivity index (χ0v) is 20.0. The van der Waals surface area contributed by atoms with E-state index in [1.54, 1.807) is 11.0 Å². The number of hydrogen-bond donors (Lipinski definition) is 2. The van der Waals surface area contributed by atoms with Crippen LogP contribution in [0.5, 0.6) is 0 Å². The van der Waals surface area contributed by atoms with Gasteiger partial charge in [0.15, 0.2) is 0 Å². The normalized spacial score (nSPS) is 18.9. The number of piperidine rings is 1. The molecule has 2 amide bonds. The third-order valence-corrected chi connectivity index (χ3v) is 6.57. The van der Waals surface area contributed by atoms with Crippen molar-refractivity contribution in [1.29, 1.82) is 0 Å². The van der Waals surface area contributed by atoms with Crippen LogP contribution in [0, 0.1) is 11.8 Å². The lowest BCUT2D eigenvalue weighted by Gasteiger charge is -2.30. The number of aromatic nitrogens is 2. The van der Waals surface area contributed by atoms with Crippen LogP contribution in [0.15, 0.2) is 30.5 Å². The number of carbonyl (C=O) groups is 2. The second-order valence-electron chi connectivity index (χ2n) is 8.64. The predicted octanol–water partition coefficient (Wildman–Crippen LogP) is 4.05. The topological polar surface area (TPSA) is 106 Å². The summed E-state index contributed by atoms with van der Waals surface area (Å²) in [6.45, 7) is 3.37. The Bertz CT molecular complexity index is 1010. The Hall–Kier alpha value is -2.91. The molecular formula is C24H30ClN5O4. The number of anilines is 2. The van der Waals surface area contributed by atoms with Crippen molar-refractivity contribution in [2.45, 2.75) is 25.7 Å². The summed E-state index contributed by atoms with van der Waals surface area (Å²) in [5.41, 5.74) is 1.37. The molecule has 2 aliphatic rings. The molecule has 0 spiro atoms. The number of ether oxygens (including phenoxy) is 2. The summed E-state index contributed by atoms with van der Waals surface area (Å²) >= 11 is 6.43. The maximum Gasteiger partial charge on any atom is 0.409 e. The molecule has 0 bridgehead atoms. The van der Waals surface area contributed by atoms with E-state index >= 15 is 0 Å². The van der Waals surface area contributed by atoms with Gasteiger partial charge in [-0.2, -0.15) is 0 Å². The highest BCUT2D eigenvalue weighted by Crippen LogP contribution is 2.29. The number of carbonyl (C=O) groups excluding carboxylic acids is 2. The second kappa shape index (κ2) is 11.5. The van der Waals surface area contributed by atoms with Crippen LogP contribution < -0.4 is 10.6 Å². The van der Waals surface area contributed by atoms with Crippen molar-refractivity contribution in [3.05, 3.63) is 35.5 Å². The van der Waals surface area contributed by atoms with Gasteiger partial charge in [-0.05, 0) is 49.8 Å². The summed E-state index contributed by atoms with van der Waals surface area (Å²) in [6, 6.07) is 7.46. The van der Waals surface area contributed by atoms with Crippen LogP contribution in [-0.4, -0.2) is 66.8 Å². The van der Waals surface area contributed by atoms with Crippen LogP contribution in [0.2, 0.25) is 5.02 Å². The number of rotatable bonds is 6. The van der Waals surface area contributed by atoms with Gasteiger partial charge < -0.3 is 25.0 Å². The Morgan fingerprint density at radius 2 is 2.06 bits per heavy atom. The lowest BCUT2D eigenvalue weighted by Crippen LogP contribution is -2.43. The smallest absolute Gasteiger partial charge is 0.409 e. The SMILES string of the molecule is COC(=O)N1CCC[C@H](C(=O)Nc2cc(-c3cccc(NCC4CCOCC4)n3)c(Cl)cn2)C1. The van der Waals surface area contributed by atoms with E-state index in [-0.39, 0.29) is 11.8 Å². The van der Waals surface area contributed by atoms with Crippen LogP contribution in [0.25, 0.3) is 11.3 Å². The molecule has 0 saturated carbocycles. The molecule has 0 unspecified atom stereocenters. The summed E-state index contributed by atoms with van der Waals surface area (Å²) in [5, 5.41) is 6.73. The number of halogens is 1. The first-order valence-electron chi connectivity index (χ1n) is 11.6. The Morgan fingerprint density at radius 3 is 2.85 bits per heavy atom. The van der Waals surface area contributed by atoms with E-state index in [1.807, 2.05) is 18.2 Å². The summed E-state index contributed by atoms with van der Waals surface area (Å²) in [7, 11) is 1.34. The van der Waals surface area contributed by atoms with E-state index in [4.69, 9.17) is 26.1 Å². The van der Waals surface area contributed by atoms with E-state index in [9.17, 15) is 9.59 Å². The van der Waals surface area contributed by atoms with Crippen LogP contribution in [-0.2, 0) is 14.3 Å². The Kier molecular flexibility index (Phi) is 8.18. The second-order valence-corrected chi connectivity index (χ2v) is 9.05. The van der Waals surface area contributed by atoms with Crippen molar-refractivity contribution in [3.63, 3.8) is 0 Å². The number of nitrogens with one attached hydrogen (secondary N) is 2. The fourth-order valence-electron chi connectivity index (χ4n) is 4.30. The fraction of sp³-hybridized carbons (Fsp3) is 0.500. The zero-order chi connectivity index (χ0) is 23.9. The van der Waals surface area contributed by atoms with Crippen LogP contribution in [0.1, 0.15) is 25.7 Å². The molecule has 4 rings (SSSR count). The van der Waals surface area contributed by atoms with Crippen molar-refractivity contribution in [3.8, 4) is 11.3 Å². The molecule has 0 radical (unpaired) electrons. The van der Waals surface area contributed by atoms with E-state index in [0.29, 0.717) is 47.5 Å². The quantitative estimate of drug-likeness (QED) is 0.633. The molecule has 2 saturated heterocycles. The predicted molar refractivity (Wildman–Crippen MR) is 130 cm³/mol. The number of hydrogen-bond acceptors (Lipinski definition) is 7. The van der Waals surface area contributed by atoms with Gasteiger partial charge in [0.25, 0.3) is 0 Å². The number of pyridine rings is 2. The van der Waals surface area contributed by atoms with Gasteiger partial charge in [-0.25, -0.2) is 14.8 Å². The summed E-state index contributed by atoms with van der Waals surface area (Å²) in [4.78, 5) is 35.2. The molecule has 2 aliphatic heterocycles. The minimum Gasteiger partial charge on any atom is -0.453 e. The standard InChI is InChI=1S/C24H30ClN5O4/c1-33-24(32)30-9-3-4-17(15-30)23(31)29-22-12-18(19(25)14-27-22)20-5-2-6-21(28-20)26-13-16-7-10-34-11-8-16/h2,5-6,12,14,16-17H,3-4,7-11,13,15H2,1H3,(H,26,28)(H,27,29,31)/t17-/m0/s1. The van der Waals surface area contributed by atoms with E-state index < -0.39 is 6.09 Å². The zero-order valence-electron chi connectivity index (χ0n) is 19.3. The highest BCUT2D eigenvalue weighted by molar-refractivity contribution is 6.33. The lowest BCUT2D eigenvalue weighted by atomic mass is 9.97. The average Bonchev–Trinajstić information content (AvgIpc) is 2.89. The fourth-order valence-corrected chi connectivity index (χ4v) is 4.50. The number of likely N-dealkylation sites (tertiary alicyclic amines) is 1. The van der Waals surface area contributed by atoms with Crippen molar-refractivity contribution in [1.82, 2.24) is 14.9 Å². The third-order valence-electron chi connectivity index (χ3n) is 6.27. The summed E-state index contributed by atoms with van der Waals surface area (Å²) in [5.74, 6) is 1.22. The molecule has 4 heterocycles. The van der Waals surface area contributed by atoms with Crippen molar-refractivity contribution < 1.29 is 19.1 Å². The maximum absolute atomic E-state index is 12.8. The third kappa shape index (κ3) is 6.15. The number of methoxy groups -OCH3 is 1. The van der Waals surface area contributed by atoms with E-state index in [1.165, 1.54) is 13.3 Å². The van der Waals surface area contributed by atoms with Gasteiger partial charge in [-0.15, -0.1) is 0 Å². The highest BCUT2D eigenvalue weighted by Gasteiger charge is 2.29. The lowest BCUT2D eigenvalue weighted by molar-refractivity contribution is -0.121. The summed E-state index contributed by atoms with van der Waals surface area (Å²) in [6.07, 6.45) is 4.62. The van der Waals surface area contributed by atoms with Gasteiger partial charge in [0, 0.05) is 44.6 Å². The number of nitrogens with zero attached hydrogens (tertiary/aromatic N) is 3. The van der Waals surface area contributed by atoms with Crippen LogP contribution in [0.4, 0.5) is 16.4 Å². The van der Waals surface area contributed by atoms with Gasteiger partial charge in [-0.1, -0.05) is 17.7 Å². The van der Waals surface area contributed by atoms with Crippen molar-refractivity contribution >= 4 is 35.2 Å². The molecule has 182 valence electrons. The molecule has 1 atom stereocenters. The van der Waals surface area contributed by atoms with Gasteiger partial charge in [0.05, 0.1) is 23.7 Å².